The van der Waals surface area contributed by atoms with Crippen molar-refractivity contribution in [2.45, 2.75) is 0 Å². The molecule has 0 saturated heterocycles. The molecule has 0 aliphatic rings. The molecular formula is H5BaOSiTiW. The fourth-order valence-corrected chi connectivity index (χ4v) is 0. The zero-order valence-corrected chi connectivity index (χ0v) is 14.0. The quantitative estimate of drug-likeness (QED) is 0.440. The Labute approximate surface area is 105 Å². The largest absolute Gasteiger partial charge is 0.0125 e. The Morgan fingerprint density at radius 1 is 1.40 bits per heavy atom. The second-order valence-electron chi connectivity index (χ2n) is 0. The first kappa shape index (κ1) is 24.5. The molecule has 1 nitrogen and oxygen atoms in total. The van der Waals surface area contributed by atoms with Gasteiger partial charge >= 0.3 is 72.1 Å². The molecule has 1 radical (unpaired) electrons. The fourth-order valence-electron chi connectivity index (χ4n) is 0. The molecule has 0 saturated carbocycles. The summed E-state index contributed by atoms with van der Waals surface area (Å²) in [6, 6.07) is 0. The van der Waals surface area contributed by atoms with Crippen molar-refractivity contribution in [3.63, 3.8) is 0 Å². The Bertz CT molecular complexity index is 17.7. The van der Waals surface area contributed by atoms with Crippen LogP contribution in [0.15, 0.2) is 0 Å². The van der Waals surface area contributed by atoms with Crippen LogP contribution >= 0.6 is 0 Å². The molecule has 0 fully saturated rings. The summed E-state index contributed by atoms with van der Waals surface area (Å²) >= 11 is 0.333. The van der Waals surface area contributed by atoms with Crippen LogP contribution < -0.4 is 0 Å². The van der Waals surface area contributed by atoms with Gasteiger partial charge in [-0.2, -0.15) is 0 Å². The van der Waals surface area contributed by atoms with Crippen molar-refractivity contribution in [2.24, 2.45) is 0 Å². The molecule has 0 spiro atoms. The fraction of sp³-hybridized carbons (Fsp3) is 0. The van der Waals surface area contributed by atoms with Gasteiger partial charge in [0.15, 0.2) is 0 Å². The topological polar surface area (TPSA) is 17.1 Å². The van der Waals surface area contributed by atoms with Crippen LogP contribution in [0.2, 0.25) is 0 Å². The Hall–Kier alpha value is 2.99. The summed E-state index contributed by atoms with van der Waals surface area (Å²) in [5.41, 5.74) is 0. The van der Waals surface area contributed by atoms with Crippen LogP contribution in [0.3, 0.4) is 0 Å². The molecule has 0 aromatic heterocycles. The molecule has 0 heterocycles. The van der Waals surface area contributed by atoms with Crippen LogP contribution in [0.25, 0.3) is 0 Å². The Kier molecular flexibility index (Phi) is 138. The van der Waals surface area contributed by atoms with E-state index in [-0.39, 0.29) is 84.4 Å². The van der Waals surface area contributed by atoms with Crippen LogP contribution in [0.4, 0.5) is 0 Å². The van der Waals surface area contributed by atoms with Gasteiger partial charge in [0.1, 0.15) is 0 Å². The van der Waals surface area contributed by atoms with Gasteiger partial charge in [0.25, 0.3) is 0 Å². The predicted octanol–water partition coefficient (Wildman–Crippen LogP) is -1.46. The van der Waals surface area contributed by atoms with Gasteiger partial charge in [-0.05, 0) is 11.0 Å². The van der Waals surface area contributed by atoms with Gasteiger partial charge in [-0.25, -0.2) is 0 Å². The first-order valence-electron chi connectivity index (χ1n) is 0.167. The Morgan fingerprint density at radius 3 is 1.40 bits per heavy atom. The zero-order valence-electron chi connectivity index (χ0n) is 5.02. The van der Waals surface area contributed by atoms with Crippen LogP contribution in [0.1, 0.15) is 2.85 Å². The van der Waals surface area contributed by atoms with Crippen LogP contribution in [0.5, 0.6) is 0 Å². The summed E-state index contributed by atoms with van der Waals surface area (Å²) in [5.74, 6) is 0. The van der Waals surface area contributed by atoms with Crippen molar-refractivity contribution in [3.05, 3.63) is 0 Å². The van der Waals surface area contributed by atoms with Crippen LogP contribution in [-0.4, -0.2) is 59.8 Å². The van der Waals surface area contributed by atoms with Crippen molar-refractivity contribution >= 4 is 59.8 Å². The molecule has 0 atom stereocenters. The second kappa shape index (κ2) is 28.0. The molecule has 27 valence electrons. The second-order valence-corrected chi connectivity index (χ2v) is 0. The van der Waals surface area contributed by atoms with Crippen molar-refractivity contribution < 1.29 is 47.7 Å². The van der Waals surface area contributed by atoms with E-state index in [9.17, 15) is 0 Å². The van der Waals surface area contributed by atoms with E-state index in [1.165, 1.54) is 0 Å². The monoisotopic (exact) mass is 419 g/mol. The maximum absolute atomic E-state index is 8.33. The van der Waals surface area contributed by atoms with Gasteiger partial charge in [-0.3, -0.25) is 0 Å². The van der Waals surface area contributed by atoms with Gasteiger partial charge in [-0.15, -0.1) is 0 Å². The van der Waals surface area contributed by atoms with Gasteiger partial charge < -0.3 is 2.85 Å². The number of hydrogen-bond acceptors (Lipinski definition) is 1. The molecule has 0 aliphatic heterocycles. The van der Waals surface area contributed by atoms with Crippen molar-refractivity contribution in [1.82, 2.24) is 0 Å². The van der Waals surface area contributed by atoms with E-state index in [4.69, 9.17) is 3.40 Å². The third-order valence-corrected chi connectivity index (χ3v) is 0. The molecule has 0 amide bonds. The molecular weight excluding hydrogens is 413 g/mol. The third-order valence-electron chi connectivity index (χ3n) is 0. The average Bonchev–Trinajstić information content (AvgIpc) is 1.00. The molecule has 5 heteroatoms. The van der Waals surface area contributed by atoms with E-state index in [0.29, 0.717) is 19.8 Å². The van der Waals surface area contributed by atoms with Crippen LogP contribution in [0, 0.1) is 0 Å². The SMILES string of the molecule is [Ba+2].[H-].[H-].[O]=[W].[SiH3].[Ti]. The third kappa shape index (κ3) is 19.5. The summed E-state index contributed by atoms with van der Waals surface area (Å²) < 4.78 is 8.33. The average molecular weight is 418 g/mol. The van der Waals surface area contributed by atoms with Crippen molar-refractivity contribution in [1.29, 1.82) is 0 Å². The summed E-state index contributed by atoms with van der Waals surface area (Å²) in [6.45, 7) is 0. The van der Waals surface area contributed by atoms with Crippen molar-refractivity contribution in [2.75, 3.05) is 0 Å². The molecule has 0 rings (SSSR count). The zero-order chi connectivity index (χ0) is 2.00. The molecule has 0 N–H and O–H groups in total. The predicted molar refractivity (Wildman–Crippen MR) is 18.6 cm³/mol. The first-order valence-corrected chi connectivity index (χ1v) is 1.36. The maximum Gasteiger partial charge on any atom is 0 e. The standard InChI is InChI=1S/Ba.O.H3Si.Ti.W.2H/h;;1H3;;;;/q+2;;;;;2*-1. The Balaban J connectivity index is -0.000000000500. The van der Waals surface area contributed by atoms with E-state index in [1.807, 2.05) is 0 Å². The van der Waals surface area contributed by atoms with Crippen molar-refractivity contribution in [3.8, 4) is 0 Å². The molecule has 0 aromatic rings. The van der Waals surface area contributed by atoms with Crippen LogP contribution in [-0.2, 0) is 44.9 Å². The molecule has 5 heavy (non-hydrogen) atoms. The normalized spacial score (nSPS) is 0.800. The summed E-state index contributed by atoms with van der Waals surface area (Å²) in [4.78, 5) is 0. The minimum Gasteiger partial charge on any atom is -0.0125 e. The molecule has 0 bridgehead atoms. The van der Waals surface area contributed by atoms with Gasteiger partial charge in [0.2, 0.25) is 0 Å². The van der Waals surface area contributed by atoms with E-state index in [1.54, 1.807) is 0 Å². The van der Waals surface area contributed by atoms with E-state index < -0.39 is 0 Å². The minimum atomic E-state index is 0. The maximum atomic E-state index is 8.33. The van der Waals surface area contributed by atoms with Gasteiger partial charge in [-0.1, -0.05) is 0 Å². The molecule has 0 aliphatic carbocycles. The Morgan fingerprint density at radius 2 is 1.40 bits per heavy atom. The summed E-state index contributed by atoms with van der Waals surface area (Å²) in [6.07, 6.45) is 0. The summed E-state index contributed by atoms with van der Waals surface area (Å²) in [5, 5.41) is 0. The van der Waals surface area contributed by atoms with Gasteiger partial charge in [0, 0.05) is 21.7 Å². The molecule has 0 aromatic carbocycles. The van der Waals surface area contributed by atoms with E-state index in [2.05, 4.69) is 0 Å². The number of hydrogen-bond donors (Lipinski definition) is 0. The van der Waals surface area contributed by atoms with E-state index >= 15 is 0 Å². The minimum absolute atomic E-state index is 0. The van der Waals surface area contributed by atoms with E-state index in [0.717, 1.165) is 0 Å². The van der Waals surface area contributed by atoms with Gasteiger partial charge in [0.05, 0.1) is 0 Å². The number of rotatable bonds is 0. The summed E-state index contributed by atoms with van der Waals surface area (Å²) in [7, 11) is 0. The molecule has 0 unspecified atom stereocenters. The smallest absolute Gasteiger partial charge is 0 e. The first-order chi connectivity index (χ1) is 1.00.